The quantitative estimate of drug-likeness (QED) is 0.414. The van der Waals surface area contributed by atoms with Crippen LogP contribution in [0.15, 0.2) is 24.3 Å². The number of alkyl halides is 1. The van der Waals surface area contributed by atoms with Crippen molar-refractivity contribution in [2.24, 2.45) is 0 Å². The van der Waals surface area contributed by atoms with E-state index >= 15 is 0 Å². The first-order valence-electron chi connectivity index (χ1n) is 6.89. The number of halogens is 1. The topological polar surface area (TPSA) is 0 Å². The van der Waals surface area contributed by atoms with Crippen molar-refractivity contribution in [3.63, 3.8) is 0 Å². The molecule has 1 rings (SSSR count). The highest BCUT2D eigenvalue weighted by Gasteiger charge is 2.07. The van der Waals surface area contributed by atoms with Crippen molar-refractivity contribution in [1.29, 1.82) is 0 Å². The van der Waals surface area contributed by atoms with Gasteiger partial charge in [-0.15, -0.1) is 0 Å². The molecule has 0 radical (unpaired) electrons. The van der Waals surface area contributed by atoms with E-state index in [4.69, 9.17) is 0 Å². The van der Waals surface area contributed by atoms with Crippen LogP contribution in [0.2, 0.25) is 0 Å². The highest BCUT2D eigenvalue weighted by Crippen LogP contribution is 2.29. The van der Waals surface area contributed by atoms with E-state index in [-0.39, 0.29) is 0 Å². The van der Waals surface area contributed by atoms with Gasteiger partial charge < -0.3 is 0 Å². The number of unbranched alkanes of at least 4 members (excludes halogenated alkanes) is 3. The standard InChI is InChI=1S/C16H25Br/c1-4-5-6-7-8-16(17)15-11-9-14(10-12-15)13(2)3/h9-13,16H,4-8H2,1-3H3. The predicted molar refractivity (Wildman–Crippen MR) is 81.0 cm³/mol. The molecule has 0 N–H and O–H groups in total. The molecular formula is C16H25Br. The summed E-state index contributed by atoms with van der Waals surface area (Å²) in [4.78, 5) is 0.528. The van der Waals surface area contributed by atoms with Crippen LogP contribution >= 0.6 is 15.9 Å². The van der Waals surface area contributed by atoms with Crippen LogP contribution in [0.1, 0.15) is 74.7 Å². The van der Waals surface area contributed by atoms with Crippen molar-refractivity contribution in [3.05, 3.63) is 35.4 Å². The average molecular weight is 297 g/mol. The summed E-state index contributed by atoms with van der Waals surface area (Å²) < 4.78 is 0. The van der Waals surface area contributed by atoms with E-state index in [1.165, 1.54) is 43.2 Å². The van der Waals surface area contributed by atoms with Gasteiger partial charge in [0.15, 0.2) is 0 Å². The maximum Gasteiger partial charge on any atom is 0.0395 e. The Morgan fingerprint density at radius 2 is 1.53 bits per heavy atom. The van der Waals surface area contributed by atoms with Crippen LogP contribution in [0.5, 0.6) is 0 Å². The third kappa shape index (κ3) is 5.25. The minimum atomic E-state index is 0.528. The molecule has 1 atom stereocenters. The van der Waals surface area contributed by atoms with Gasteiger partial charge in [0.2, 0.25) is 0 Å². The summed E-state index contributed by atoms with van der Waals surface area (Å²) >= 11 is 3.80. The second kappa shape index (κ2) is 7.92. The van der Waals surface area contributed by atoms with E-state index < -0.39 is 0 Å². The minimum Gasteiger partial charge on any atom is -0.0839 e. The number of rotatable bonds is 7. The Bertz CT molecular complexity index is 300. The maximum absolute atomic E-state index is 3.80. The largest absolute Gasteiger partial charge is 0.0839 e. The molecule has 0 saturated carbocycles. The van der Waals surface area contributed by atoms with Crippen molar-refractivity contribution in [2.45, 2.75) is 63.6 Å². The molecule has 1 unspecified atom stereocenters. The Morgan fingerprint density at radius 1 is 0.941 bits per heavy atom. The van der Waals surface area contributed by atoms with Crippen LogP contribution in [-0.4, -0.2) is 0 Å². The fraction of sp³-hybridized carbons (Fsp3) is 0.625. The molecule has 96 valence electrons. The smallest absolute Gasteiger partial charge is 0.0395 e. The molecule has 0 spiro atoms. The number of benzene rings is 1. The van der Waals surface area contributed by atoms with Gasteiger partial charge in [0.25, 0.3) is 0 Å². The van der Waals surface area contributed by atoms with E-state index in [2.05, 4.69) is 61.0 Å². The van der Waals surface area contributed by atoms with Gasteiger partial charge in [-0.2, -0.15) is 0 Å². The van der Waals surface area contributed by atoms with Crippen LogP contribution in [-0.2, 0) is 0 Å². The van der Waals surface area contributed by atoms with Crippen LogP contribution in [0.4, 0.5) is 0 Å². The molecule has 1 aromatic carbocycles. The van der Waals surface area contributed by atoms with Crippen LogP contribution in [0, 0.1) is 0 Å². The van der Waals surface area contributed by atoms with E-state index in [9.17, 15) is 0 Å². The second-order valence-corrected chi connectivity index (χ2v) is 6.24. The van der Waals surface area contributed by atoms with Crippen LogP contribution in [0.25, 0.3) is 0 Å². The molecule has 0 fully saturated rings. The zero-order chi connectivity index (χ0) is 12.7. The third-order valence-electron chi connectivity index (χ3n) is 3.28. The summed E-state index contributed by atoms with van der Waals surface area (Å²) in [6.07, 6.45) is 6.63. The molecule has 0 saturated heterocycles. The van der Waals surface area contributed by atoms with E-state index in [0.29, 0.717) is 10.7 Å². The van der Waals surface area contributed by atoms with Crippen molar-refractivity contribution < 1.29 is 0 Å². The van der Waals surface area contributed by atoms with E-state index in [1.807, 2.05) is 0 Å². The molecule has 0 nitrogen and oxygen atoms in total. The van der Waals surface area contributed by atoms with Gasteiger partial charge in [-0.1, -0.05) is 86.6 Å². The Balaban J connectivity index is 2.43. The zero-order valence-electron chi connectivity index (χ0n) is 11.4. The SMILES string of the molecule is CCCCCCC(Br)c1ccc(C(C)C)cc1. The number of hydrogen-bond donors (Lipinski definition) is 0. The van der Waals surface area contributed by atoms with Crippen LogP contribution in [0.3, 0.4) is 0 Å². The lowest BCUT2D eigenvalue weighted by atomic mass is 9.99. The first kappa shape index (κ1) is 14.8. The fourth-order valence-corrected chi connectivity index (χ4v) is 2.64. The molecule has 0 amide bonds. The maximum atomic E-state index is 3.80. The first-order valence-corrected chi connectivity index (χ1v) is 7.80. The summed E-state index contributed by atoms with van der Waals surface area (Å²) in [7, 11) is 0. The molecular weight excluding hydrogens is 272 g/mol. The lowest BCUT2D eigenvalue weighted by Crippen LogP contribution is -1.92. The van der Waals surface area contributed by atoms with Crippen LogP contribution < -0.4 is 0 Å². The van der Waals surface area contributed by atoms with Crippen molar-refractivity contribution in [3.8, 4) is 0 Å². The summed E-state index contributed by atoms with van der Waals surface area (Å²) in [5.74, 6) is 0.627. The molecule has 0 heterocycles. The van der Waals surface area contributed by atoms with Gasteiger partial charge in [-0.3, -0.25) is 0 Å². The van der Waals surface area contributed by atoms with E-state index in [0.717, 1.165) is 0 Å². The van der Waals surface area contributed by atoms with Gasteiger partial charge in [0.1, 0.15) is 0 Å². The molecule has 0 aliphatic rings. The Hall–Kier alpha value is -0.300. The molecule has 0 aliphatic heterocycles. The Kier molecular flexibility index (Phi) is 6.87. The highest BCUT2D eigenvalue weighted by molar-refractivity contribution is 9.09. The third-order valence-corrected chi connectivity index (χ3v) is 4.26. The highest BCUT2D eigenvalue weighted by atomic mass is 79.9. The van der Waals surface area contributed by atoms with Gasteiger partial charge in [-0.25, -0.2) is 0 Å². The van der Waals surface area contributed by atoms with Gasteiger partial charge in [0.05, 0.1) is 0 Å². The van der Waals surface area contributed by atoms with Gasteiger partial charge >= 0.3 is 0 Å². The minimum absolute atomic E-state index is 0.528. The van der Waals surface area contributed by atoms with Gasteiger partial charge in [-0.05, 0) is 23.5 Å². The molecule has 17 heavy (non-hydrogen) atoms. The fourth-order valence-electron chi connectivity index (χ4n) is 2.01. The molecule has 0 aliphatic carbocycles. The predicted octanol–water partition coefficient (Wildman–Crippen LogP) is 6.22. The Labute approximate surface area is 115 Å². The lowest BCUT2D eigenvalue weighted by molar-refractivity contribution is 0.630. The van der Waals surface area contributed by atoms with Gasteiger partial charge in [0, 0.05) is 4.83 Å². The summed E-state index contributed by atoms with van der Waals surface area (Å²) in [6, 6.07) is 9.07. The van der Waals surface area contributed by atoms with Crippen molar-refractivity contribution in [2.75, 3.05) is 0 Å². The van der Waals surface area contributed by atoms with E-state index in [1.54, 1.807) is 0 Å². The molecule has 0 bridgehead atoms. The normalized spacial score (nSPS) is 13.0. The average Bonchev–Trinajstić information content (AvgIpc) is 2.34. The van der Waals surface area contributed by atoms with Crippen molar-refractivity contribution in [1.82, 2.24) is 0 Å². The zero-order valence-corrected chi connectivity index (χ0v) is 13.0. The lowest BCUT2D eigenvalue weighted by Gasteiger charge is -2.12. The van der Waals surface area contributed by atoms with Crippen molar-refractivity contribution >= 4 is 15.9 Å². The molecule has 1 heteroatoms. The molecule has 1 aromatic rings. The molecule has 0 aromatic heterocycles. The first-order chi connectivity index (χ1) is 8.15. The Morgan fingerprint density at radius 3 is 2.06 bits per heavy atom. The summed E-state index contributed by atoms with van der Waals surface area (Å²) in [5, 5.41) is 0. The summed E-state index contributed by atoms with van der Waals surface area (Å²) in [5.41, 5.74) is 2.85. The summed E-state index contributed by atoms with van der Waals surface area (Å²) in [6.45, 7) is 6.74. The monoisotopic (exact) mass is 296 g/mol. The number of hydrogen-bond acceptors (Lipinski definition) is 0. The second-order valence-electron chi connectivity index (χ2n) is 5.14.